The van der Waals surface area contributed by atoms with E-state index in [-0.39, 0.29) is 0 Å². The van der Waals surface area contributed by atoms with Gasteiger partial charge in [-0.2, -0.15) is 0 Å². The minimum absolute atomic E-state index is 0.325. The summed E-state index contributed by atoms with van der Waals surface area (Å²) < 4.78 is 25.8. The van der Waals surface area contributed by atoms with Crippen molar-refractivity contribution in [3.8, 4) is 0 Å². The molecule has 1 saturated heterocycles. The van der Waals surface area contributed by atoms with E-state index in [0.717, 1.165) is 12.8 Å². The van der Waals surface area contributed by atoms with Crippen molar-refractivity contribution in [2.45, 2.75) is 50.5 Å². The second kappa shape index (κ2) is 3.91. The van der Waals surface area contributed by atoms with Gasteiger partial charge in [-0.05, 0) is 12.8 Å². The number of nitrogens with zero attached hydrogens (tertiary/aromatic N) is 1. The molecule has 0 amide bonds. The molecule has 2 fully saturated rings. The van der Waals surface area contributed by atoms with Gasteiger partial charge in [0.2, 0.25) is 0 Å². The first-order valence-electron chi connectivity index (χ1n) is 5.29. The molecule has 0 N–H and O–H groups in total. The summed E-state index contributed by atoms with van der Waals surface area (Å²) in [6, 6.07) is 0.466. The molecule has 1 nitrogen and oxygen atoms in total. The fourth-order valence-electron chi connectivity index (χ4n) is 2.50. The van der Waals surface area contributed by atoms with Crippen LogP contribution in [0.5, 0.6) is 0 Å². The standard InChI is InChI=1S/C10H17F2N/c11-9-6-13(7-10(9)12)8-4-2-1-3-5-8/h8-10H,1-7H2. The van der Waals surface area contributed by atoms with Gasteiger partial charge in [0, 0.05) is 19.1 Å². The Hall–Kier alpha value is -0.180. The van der Waals surface area contributed by atoms with E-state index in [0.29, 0.717) is 19.1 Å². The summed E-state index contributed by atoms with van der Waals surface area (Å²) in [5.74, 6) is 0. The highest BCUT2D eigenvalue weighted by Crippen LogP contribution is 2.27. The lowest BCUT2D eigenvalue weighted by atomic mass is 9.94. The van der Waals surface area contributed by atoms with Crippen LogP contribution in [0.3, 0.4) is 0 Å². The molecule has 1 aliphatic heterocycles. The zero-order chi connectivity index (χ0) is 9.26. The van der Waals surface area contributed by atoms with Gasteiger partial charge in [-0.3, -0.25) is 4.90 Å². The average Bonchev–Trinajstić information content (AvgIpc) is 2.49. The smallest absolute Gasteiger partial charge is 0.145 e. The minimum Gasteiger partial charge on any atom is -0.294 e. The minimum atomic E-state index is -1.23. The molecule has 0 radical (unpaired) electrons. The molecule has 1 saturated carbocycles. The van der Waals surface area contributed by atoms with Crippen LogP contribution in [0.15, 0.2) is 0 Å². The molecule has 76 valence electrons. The largest absolute Gasteiger partial charge is 0.294 e. The molecule has 0 bridgehead atoms. The molecule has 2 aliphatic rings. The lowest BCUT2D eigenvalue weighted by Gasteiger charge is -2.30. The lowest BCUT2D eigenvalue weighted by molar-refractivity contribution is 0.176. The van der Waals surface area contributed by atoms with Crippen LogP contribution in [0.1, 0.15) is 32.1 Å². The fourth-order valence-corrected chi connectivity index (χ4v) is 2.50. The van der Waals surface area contributed by atoms with Crippen molar-refractivity contribution in [1.82, 2.24) is 4.90 Å². The summed E-state index contributed by atoms with van der Waals surface area (Å²) in [5, 5.41) is 0. The van der Waals surface area contributed by atoms with Gasteiger partial charge in [0.15, 0.2) is 0 Å². The molecule has 1 heterocycles. The number of likely N-dealkylation sites (tertiary alicyclic amines) is 1. The summed E-state index contributed by atoms with van der Waals surface area (Å²) in [5.41, 5.74) is 0. The number of hydrogen-bond acceptors (Lipinski definition) is 1. The molecule has 2 unspecified atom stereocenters. The Morgan fingerprint density at radius 1 is 0.846 bits per heavy atom. The second-order valence-corrected chi connectivity index (χ2v) is 4.28. The molecule has 0 aromatic heterocycles. The van der Waals surface area contributed by atoms with Gasteiger partial charge >= 0.3 is 0 Å². The van der Waals surface area contributed by atoms with Crippen LogP contribution in [-0.4, -0.2) is 36.4 Å². The summed E-state index contributed by atoms with van der Waals surface area (Å²) in [4.78, 5) is 2.01. The Labute approximate surface area is 78.1 Å². The second-order valence-electron chi connectivity index (χ2n) is 4.28. The van der Waals surface area contributed by atoms with Crippen LogP contribution in [-0.2, 0) is 0 Å². The maximum atomic E-state index is 12.9. The first-order valence-corrected chi connectivity index (χ1v) is 5.29. The predicted molar refractivity (Wildman–Crippen MR) is 48.2 cm³/mol. The summed E-state index contributed by atoms with van der Waals surface area (Å²) in [6.45, 7) is 0.650. The van der Waals surface area contributed by atoms with Gasteiger partial charge in [-0.25, -0.2) is 8.78 Å². The van der Waals surface area contributed by atoms with Crippen LogP contribution in [0.2, 0.25) is 0 Å². The molecule has 2 rings (SSSR count). The molecule has 0 aromatic carbocycles. The van der Waals surface area contributed by atoms with Gasteiger partial charge < -0.3 is 0 Å². The Morgan fingerprint density at radius 3 is 1.92 bits per heavy atom. The van der Waals surface area contributed by atoms with E-state index in [1.54, 1.807) is 0 Å². The molecule has 2 atom stereocenters. The number of rotatable bonds is 1. The van der Waals surface area contributed by atoms with E-state index in [1.165, 1.54) is 19.3 Å². The Bertz CT molecular complexity index is 158. The third kappa shape index (κ3) is 2.01. The zero-order valence-corrected chi connectivity index (χ0v) is 7.88. The first-order chi connectivity index (χ1) is 6.27. The number of alkyl halides is 2. The van der Waals surface area contributed by atoms with E-state index >= 15 is 0 Å². The van der Waals surface area contributed by atoms with E-state index in [4.69, 9.17) is 0 Å². The van der Waals surface area contributed by atoms with Crippen molar-refractivity contribution in [2.75, 3.05) is 13.1 Å². The van der Waals surface area contributed by atoms with Crippen LogP contribution < -0.4 is 0 Å². The molecular formula is C10H17F2N. The van der Waals surface area contributed by atoms with Crippen LogP contribution in [0.25, 0.3) is 0 Å². The van der Waals surface area contributed by atoms with Crippen molar-refractivity contribution in [3.05, 3.63) is 0 Å². The van der Waals surface area contributed by atoms with Crippen LogP contribution in [0, 0.1) is 0 Å². The quantitative estimate of drug-likeness (QED) is 0.612. The van der Waals surface area contributed by atoms with Gasteiger partial charge in [-0.15, -0.1) is 0 Å². The van der Waals surface area contributed by atoms with Crippen LogP contribution in [0.4, 0.5) is 8.78 Å². The third-order valence-corrected chi connectivity index (χ3v) is 3.30. The summed E-state index contributed by atoms with van der Waals surface area (Å²) >= 11 is 0. The highest BCUT2D eigenvalue weighted by Gasteiger charge is 2.36. The Morgan fingerprint density at radius 2 is 1.38 bits per heavy atom. The number of halogens is 2. The number of hydrogen-bond donors (Lipinski definition) is 0. The van der Waals surface area contributed by atoms with Gasteiger partial charge in [0.1, 0.15) is 12.3 Å². The van der Waals surface area contributed by atoms with Crippen molar-refractivity contribution >= 4 is 0 Å². The van der Waals surface area contributed by atoms with Crippen molar-refractivity contribution < 1.29 is 8.78 Å². The average molecular weight is 189 g/mol. The zero-order valence-electron chi connectivity index (χ0n) is 7.88. The van der Waals surface area contributed by atoms with Crippen molar-refractivity contribution in [1.29, 1.82) is 0 Å². The highest BCUT2D eigenvalue weighted by atomic mass is 19.2. The van der Waals surface area contributed by atoms with Crippen LogP contribution >= 0.6 is 0 Å². The lowest BCUT2D eigenvalue weighted by Crippen LogP contribution is -2.35. The van der Waals surface area contributed by atoms with E-state index in [1.807, 2.05) is 4.90 Å². The topological polar surface area (TPSA) is 3.24 Å². The molecule has 0 aromatic rings. The monoisotopic (exact) mass is 189 g/mol. The highest BCUT2D eigenvalue weighted by molar-refractivity contribution is 4.88. The third-order valence-electron chi connectivity index (χ3n) is 3.30. The predicted octanol–water partition coefficient (Wildman–Crippen LogP) is 2.31. The fraction of sp³-hybridized carbons (Fsp3) is 1.00. The van der Waals surface area contributed by atoms with Gasteiger partial charge in [-0.1, -0.05) is 19.3 Å². The molecular weight excluding hydrogens is 172 g/mol. The van der Waals surface area contributed by atoms with E-state index in [2.05, 4.69) is 0 Å². The molecule has 0 spiro atoms. The Balaban J connectivity index is 1.87. The molecule has 13 heavy (non-hydrogen) atoms. The van der Waals surface area contributed by atoms with Gasteiger partial charge in [0.05, 0.1) is 0 Å². The van der Waals surface area contributed by atoms with E-state index in [9.17, 15) is 8.78 Å². The Kier molecular flexibility index (Phi) is 2.82. The van der Waals surface area contributed by atoms with Gasteiger partial charge in [0.25, 0.3) is 0 Å². The summed E-state index contributed by atoms with van der Waals surface area (Å²) in [6.07, 6.45) is 3.56. The SMILES string of the molecule is FC1CN(C2CCCCC2)CC1F. The normalized spacial score (nSPS) is 38.3. The first kappa shape index (κ1) is 9.38. The van der Waals surface area contributed by atoms with Crippen molar-refractivity contribution in [3.63, 3.8) is 0 Å². The maximum Gasteiger partial charge on any atom is 0.145 e. The summed E-state index contributed by atoms with van der Waals surface area (Å²) in [7, 11) is 0. The molecule has 1 aliphatic carbocycles. The van der Waals surface area contributed by atoms with Crippen molar-refractivity contribution in [2.24, 2.45) is 0 Å². The molecule has 3 heteroatoms. The van der Waals surface area contributed by atoms with E-state index < -0.39 is 12.3 Å². The maximum absolute atomic E-state index is 12.9.